The highest BCUT2D eigenvalue weighted by Crippen LogP contribution is 2.10. The van der Waals surface area contributed by atoms with Gasteiger partial charge >= 0.3 is 0 Å². The molecule has 0 fully saturated rings. The van der Waals surface area contributed by atoms with Crippen molar-refractivity contribution in [1.82, 2.24) is 0 Å². The molecule has 0 radical (unpaired) electrons. The number of rotatable bonds is 8. The summed E-state index contributed by atoms with van der Waals surface area (Å²) < 4.78 is 0. The second-order valence-electron chi connectivity index (χ2n) is 4.07. The van der Waals surface area contributed by atoms with Gasteiger partial charge in [-0.25, -0.2) is 0 Å². The zero-order valence-electron chi connectivity index (χ0n) is 10.1. The summed E-state index contributed by atoms with van der Waals surface area (Å²) in [7, 11) is 0. The van der Waals surface area contributed by atoms with Gasteiger partial charge < -0.3 is 0 Å². The van der Waals surface area contributed by atoms with Gasteiger partial charge in [0, 0.05) is 0 Å². The molecule has 0 spiro atoms. The van der Waals surface area contributed by atoms with Gasteiger partial charge in [0.15, 0.2) is 0 Å². The van der Waals surface area contributed by atoms with E-state index >= 15 is 0 Å². The average molecular weight is 194 g/mol. The Hall–Kier alpha value is -0.520. The van der Waals surface area contributed by atoms with Gasteiger partial charge in [-0.05, 0) is 18.8 Å². The van der Waals surface area contributed by atoms with E-state index in [1.165, 1.54) is 38.5 Å². The van der Waals surface area contributed by atoms with Crippen molar-refractivity contribution in [3.63, 3.8) is 0 Å². The van der Waals surface area contributed by atoms with E-state index in [2.05, 4.69) is 45.1 Å². The van der Waals surface area contributed by atoms with Crippen LogP contribution >= 0.6 is 0 Å². The largest absolute Gasteiger partial charge is 0.0846 e. The standard InChI is InChI=1S/C14H26/c1-4-6-8-9-11-13-14(3)12-10-7-5-2/h8-9,11,13-14H,4-7,10,12H2,1-3H3. The van der Waals surface area contributed by atoms with E-state index < -0.39 is 0 Å². The Morgan fingerprint density at radius 3 is 2.43 bits per heavy atom. The van der Waals surface area contributed by atoms with Crippen LogP contribution in [0.4, 0.5) is 0 Å². The molecular weight excluding hydrogens is 168 g/mol. The van der Waals surface area contributed by atoms with E-state index in [0.29, 0.717) is 0 Å². The Kier molecular flexibility index (Phi) is 10.2. The molecule has 1 atom stereocenters. The minimum atomic E-state index is 0.743. The van der Waals surface area contributed by atoms with Crippen LogP contribution in [0.3, 0.4) is 0 Å². The fraction of sp³-hybridized carbons (Fsp3) is 0.714. The van der Waals surface area contributed by atoms with Crippen molar-refractivity contribution in [3.05, 3.63) is 24.3 Å². The second-order valence-corrected chi connectivity index (χ2v) is 4.07. The van der Waals surface area contributed by atoms with Crippen molar-refractivity contribution in [1.29, 1.82) is 0 Å². The van der Waals surface area contributed by atoms with Crippen LogP contribution in [0.2, 0.25) is 0 Å². The van der Waals surface area contributed by atoms with Gasteiger partial charge in [0.2, 0.25) is 0 Å². The van der Waals surface area contributed by atoms with Gasteiger partial charge in [-0.15, -0.1) is 0 Å². The summed E-state index contributed by atoms with van der Waals surface area (Å²) >= 11 is 0. The lowest BCUT2D eigenvalue weighted by atomic mass is 10.0. The minimum Gasteiger partial charge on any atom is -0.0846 e. The van der Waals surface area contributed by atoms with Crippen LogP contribution in [0.1, 0.15) is 59.3 Å². The number of hydrogen-bond donors (Lipinski definition) is 0. The van der Waals surface area contributed by atoms with Gasteiger partial charge in [0.05, 0.1) is 0 Å². The van der Waals surface area contributed by atoms with E-state index in [0.717, 1.165) is 5.92 Å². The van der Waals surface area contributed by atoms with Crippen molar-refractivity contribution in [2.24, 2.45) is 5.92 Å². The Labute approximate surface area is 90.1 Å². The van der Waals surface area contributed by atoms with Crippen molar-refractivity contribution in [3.8, 4) is 0 Å². The number of allylic oxidation sites excluding steroid dienone is 4. The van der Waals surface area contributed by atoms with Crippen molar-refractivity contribution >= 4 is 0 Å². The lowest BCUT2D eigenvalue weighted by Gasteiger charge is -2.03. The molecule has 82 valence electrons. The topological polar surface area (TPSA) is 0 Å². The summed E-state index contributed by atoms with van der Waals surface area (Å²) in [6, 6.07) is 0. The number of unbranched alkanes of at least 4 members (excludes halogenated alkanes) is 3. The molecule has 0 heteroatoms. The maximum atomic E-state index is 2.32. The summed E-state index contributed by atoms with van der Waals surface area (Å²) in [6.07, 6.45) is 16.8. The van der Waals surface area contributed by atoms with E-state index in [-0.39, 0.29) is 0 Å². The molecule has 0 aromatic carbocycles. The third kappa shape index (κ3) is 9.57. The molecule has 1 unspecified atom stereocenters. The maximum absolute atomic E-state index is 2.32. The Balaban J connectivity index is 3.44. The fourth-order valence-corrected chi connectivity index (χ4v) is 1.41. The zero-order valence-corrected chi connectivity index (χ0v) is 10.1. The first-order valence-electron chi connectivity index (χ1n) is 6.14. The molecule has 0 aliphatic carbocycles. The van der Waals surface area contributed by atoms with Crippen molar-refractivity contribution in [2.75, 3.05) is 0 Å². The highest BCUT2D eigenvalue weighted by atomic mass is 14.0. The van der Waals surface area contributed by atoms with Crippen LogP contribution in [0.5, 0.6) is 0 Å². The molecule has 0 saturated heterocycles. The monoisotopic (exact) mass is 194 g/mol. The zero-order chi connectivity index (χ0) is 10.6. The smallest absolute Gasteiger partial charge is 0.0259 e. The Morgan fingerprint density at radius 1 is 1.00 bits per heavy atom. The fourth-order valence-electron chi connectivity index (χ4n) is 1.41. The summed E-state index contributed by atoms with van der Waals surface area (Å²) in [4.78, 5) is 0. The van der Waals surface area contributed by atoms with Crippen LogP contribution in [-0.4, -0.2) is 0 Å². The highest BCUT2D eigenvalue weighted by molar-refractivity contribution is 5.03. The van der Waals surface area contributed by atoms with Gasteiger partial charge in [0.1, 0.15) is 0 Å². The highest BCUT2D eigenvalue weighted by Gasteiger charge is 1.94. The third-order valence-electron chi connectivity index (χ3n) is 2.41. The molecule has 0 amide bonds. The van der Waals surface area contributed by atoms with Crippen LogP contribution in [0.25, 0.3) is 0 Å². The molecule has 0 aliphatic rings. The molecule has 0 nitrogen and oxygen atoms in total. The molecule has 14 heavy (non-hydrogen) atoms. The molecule has 0 aromatic rings. The summed E-state index contributed by atoms with van der Waals surface area (Å²) in [5.74, 6) is 0.743. The van der Waals surface area contributed by atoms with Gasteiger partial charge in [-0.1, -0.05) is 70.8 Å². The first kappa shape index (κ1) is 13.5. The molecule has 0 aliphatic heterocycles. The first-order chi connectivity index (χ1) is 6.81. The molecule has 0 rings (SSSR count). The Bertz CT molecular complexity index is 153. The maximum Gasteiger partial charge on any atom is -0.0259 e. The van der Waals surface area contributed by atoms with Crippen molar-refractivity contribution < 1.29 is 0 Å². The summed E-state index contributed by atoms with van der Waals surface area (Å²) in [6.45, 7) is 6.77. The minimum absolute atomic E-state index is 0.743. The van der Waals surface area contributed by atoms with E-state index in [4.69, 9.17) is 0 Å². The molecule has 0 bridgehead atoms. The third-order valence-corrected chi connectivity index (χ3v) is 2.41. The average Bonchev–Trinajstić information content (AvgIpc) is 2.18. The summed E-state index contributed by atoms with van der Waals surface area (Å²) in [5.41, 5.74) is 0. The lowest BCUT2D eigenvalue weighted by Crippen LogP contribution is -1.88. The molecular formula is C14H26. The summed E-state index contributed by atoms with van der Waals surface area (Å²) in [5, 5.41) is 0. The molecule has 0 heterocycles. The normalized spacial score (nSPS) is 14.2. The van der Waals surface area contributed by atoms with Gasteiger partial charge in [-0.2, -0.15) is 0 Å². The van der Waals surface area contributed by atoms with Crippen LogP contribution in [0.15, 0.2) is 24.3 Å². The van der Waals surface area contributed by atoms with E-state index in [1.807, 2.05) is 0 Å². The van der Waals surface area contributed by atoms with Crippen LogP contribution in [-0.2, 0) is 0 Å². The predicted octanol–water partition coefficient (Wildman–Crippen LogP) is 5.12. The SMILES string of the molecule is CCCC=CC=CC(C)CCCCC. The predicted molar refractivity (Wildman–Crippen MR) is 66.5 cm³/mol. The van der Waals surface area contributed by atoms with Gasteiger partial charge in [0.25, 0.3) is 0 Å². The van der Waals surface area contributed by atoms with Crippen LogP contribution in [0, 0.1) is 5.92 Å². The second kappa shape index (κ2) is 10.6. The van der Waals surface area contributed by atoms with Crippen molar-refractivity contribution in [2.45, 2.75) is 59.3 Å². The number of hydrogen-bond acceptors (Lipinski definition) is 0. The van der Waals surface area contributed by atoms with E-state index in [9.17, 15) is 0 Å². The Morgan fingerprint density at radius 2 is 1.79 bits per heavy atom. The lowest BCUT2D eigenvalue weighted by molar-refractivity contribution is 0.576. The van der Waals surface area contributed by atoms with Gasteiger partial charge in [-0.3, -0.25) is 0 Å². The molecule has 0 N–H and O–H groups in total. The first-order valence-corrected chi connectivity index (χ1v) is 6.14. The molecule has 0 aromatic heterocycles. The quantitative estimate of drug-likeness (QED) is 0.372. The van der Waals surface area contributed by atoms with Crippen LogP contribution < -0.4 is 0 Å². The van der Waals surface area contributed by atoms with E-state index in [1.54, 1.807) is 0 Å². The molecule has 0 saturated carbocycles.